The number of halogens is 1. The summed E-state index contributed by atoms with van der Waals surface area (Å²) in [4.78, 5) is 16.9. The highest BCUT2D eigenvalue weighted by molar-refractivity contribution is 6.30. The van der Waals surface area contributed by atoms with Gasteiger partial charge in [-0.15, -0.1) is 0 Å². The van der Waals surface area contributed by atoms with Crippen LogP contribution in [0.2, 0.25) is 5.02 Å². The Morgan fingerprint density at radius 1 is 1.24 bits per heavy atom. The fraction of sp³-hybridized carbons (Fsp3) is 0.579. The van der Waals surface area contributed by atoms with Crippen molar-refractivity contribution in [3.63, 3.8) is 0 Å². The molecule has 3 atom stereocenters. The lowest BCUT2D eigenvalue weighted by Crippen LogP contribution is -2.47. The van der Waals surface area contributed by atoms with E-state index in [0.29, 0.717) is 6.04 Å². The molecule has 25 heavy (non-hydrogen) atoms. The van der Waals surface area contributed by atoms with Gasteiger partial charge in [0.1, 0.15) is 0 Å². The number of nitrogens with zero attached hydrogens (tertiary/aromatic N) is 3. The Morgan fingerprint density at radius 2 is 2.04 bits per heavy atom. The number of nitrogens with one attached hydrogen (secondary N) is 1. The van der Waals surface area contributed by atoms with Crippen molar-refractivity contribution in [2.24, 2.45) is 5.92 Å². The minimum absolute atomic E-state index is 0.0742. The average molecular weight is 359 g/mol. The summed E-state index contributed by atoms with van der Waals surface area (Å²) in [5.41, 5.74) is 1.13. The van der Waals surface area contributed by atoms with Crippen LogP contribution >= 0.6 is 11.6 Å². The van der Waals surface area contributed by atoms with Gasteiger partial charge >= 0.3 is 0 Å². The topological polar surface area (TPSA) is 59.4 Å². The molecule has 2 bridgehead atoms. The minimum atomic E-state index is 0.0742. The van der Waals surface area contributed by atoms with Gasteiger partial charge in [-0.25, -0.2) is 0 Å². The van der Waals surface area contributed by atoms with Crippen LogP contribution in [0.25, 0.3) is 0 Å². The first-order valence-electron chi connectivity index (χ1n) is 9.14. The number of carbonyl (C=O) groups excluding carboxylic acids is 1. The van der Waals surface area contributed by atoms with Crippen LogP contribution in [0.15, 0.2) is 24.3 Å². The Bertz CT molecular complexity index is 695. The van der Waals surface area contributed by atoms with Crippen LogP contribution in [0.3, 0.4) is 0 Å². The predicted octanol–water partition coefficient (Wildman–Crippen LogP) is 2.76. The summed E-state index contributed by atoms with van der Waals surface area (Å²) < 4.78 is 0. The molecule has 0 unspecified atom stereocenters. The molecule has 4 rings (SSSR count). The molecule has 0 spiro atoms. The van der Waals surface area contributed by atoms with E-state index in [-0.39, 0.29) is 23.9 Å². The summed E-state index contributed by atoms with van der Waals surface area (Å²) >= 11 is 6.08. The molecule has 0 radical (unpaired) electrons. The first-order chi connectivity index (χ1) is 12.2. The van der Waals surface area contributed by atoms with E-state index in [4.69, 9.17) is 11.6 Å². The molecule has 3 heterocycles. The number of nitriles is 1. The van der Waals surface area contributed by atoms with E-state index in [2.05, 4.69) is 22.5 Å². The van der Waals surface area contributed by atoms with Gasteiger partial charge in [-0.2, -0.15) is 5.26 Å². The summed E-state index contributed by atoms with van der Waals surface area (Å²) in [6.07, 6.45) is 7.06. The summed E-state index contributed by atoms with van der Waals surface area (Å²) in [5, 5.41) is 13.2. The van der Waals surface area contributed by atoms with Gasteiger partial charge in [0, 0.05) is 35.8 Å². The van der Waals surface area contributed by atoms with E-state index in [1.807, 2.05) is 23.1 Å². The van der Waals surface area contributed by atoms with Crippen molar-refractivity contribution in [2.45, 2.75) is 50.2 Å². The summed E-state index contributed by atoms with van der Waals surface area (Å²) in [7, 11) is 0. The van der Waals surface area contributed by atoms with Crippen LogP contribution in [0, 0.1) is 17.4 Å². The van der Waals surface area contributed by atoms with Crippen molar-refractivity contribution in [3.8, 4) is 6.19 Å². The van der Waals surface area contributed by atoms with Crippen LogP contribution in [-0.4, -0.2) is 42.0 Å². The highest BCUT2D eigenvalue weighted by Gasteiger charge is 2.47. The van der Waals surface area contributed by atoms with E-state index in [1.54, 1.807) is 0 Å². The van der Waals surface area contributed by atoms with Crippen LogP contribution in [0.4, 0.5) is 5.69 Å². The van der Waals surface area contributed by atoms with E-state index in [0.717, 1.165) is 55.9 Å². The second-order valence-corrected chi connectivity index (χ2v) is 7.83. The Kier molecular flexibility index (Phi) is 4.47. The van der Waals surface area contributed by atoms with Crippen molar-refractivity contribution >= 4 is 23.2 Å². The maximum Gasteiger partial charge on any atom is 0.223 e. The fourth-order valence-electron chi connectivity index (χ4n) is 4.67. The van der Waals surface area contributed by atoms with E-state index in [1.165, 1.54) is 0 Å². The SMILES string of the molecule is N#CN1[C@H]2CC[C@@H]1[C@H](NC(=O)C1CCN(c3cccc(Cl)c3)CC1)C2. The smallest absolute Gasteiger partial charge is 0.223 e. The molecule has 5 nitrogen and oxygen atoms in total. The van der Waals surface area contributed by atoms with Gasteiger partial charge < -0.3 is 15.1 Å². The lowest BCUT2D eigenvalue weighted by molar-refractivity contribution is -0.126. The Balaban J connectivity index is 1.31. The second-order valence-electron chi connectivity index (χ2n) is 7.40. The van der Waals surface area contributed by atoms with Crippen molar-refractivity contribution in [1.82, 2.24) is 10.2 Å². The van der Waals surface area contributed by atoms with Crippen molar-refractivity contribution in [1.29, 1.82) is 5.26 Å². The molecule has 1 amide bonds. The van der Waals surface area contributed by atoms with E-state index >= 15 is 0 Å². The van der Waals surface area contributed by atoms with Crippen LogP contribution in [0.1, 0.15) is 32.1 Å². The largest absolute Gasteiger partial charge is 0.371 e. The third-order valence-electron chi connectivity index (χ3n) is 6.02. The highest BCUT2D eigenvalue weighted by Crippen LogP contribution is 2.37. The quantitative estimate of drug-likeness (QED) is 0.844. The summed E-state index contributed by atoms with van der Waals surface area (Å²) in [5.74, 6) is 0.242. The average Bonchev–Trinajstić information content (AvgIpc) is 3.18. The van der Waals surface area contributed by atoms with Crippen LogP contribution < -0.4 is 10.2 Å². The summed E-state index contributed by atoms with van der Waals surface area (Å²) in [6.45, 7) is 1.75. The number of hydrogen-bond acceptors (Lipinski definition) is 4. The van der Waals surface area contributed by atoms with Gasteiger partial charge in [0.15, 0.2) is 6.19 Å². The molecule has 0 aromatic heterocycles. The lowest BCUT2D eigenvalue weighted by Gasteiger charge is -2.34. The van der Waals surface area contributed by atoms with Gasteiger partial charge in [0.25, 0.3) is 0 Å². The molecule has 1 aromatic carbocycles. The molecule has 1 N–H and O–H groups in total. The molecule has 3 aliphatic heterocycles. The second kappa shape index (κ2) is 6.76. The molecular formula is C19H23ClN4O. The number of piperidine rings is 1. The van der Waals surface area contributed by atoms with Gasteiger partial charge in [0.2, 0.25) is 5.91 Å². The molecule has 0 saturated carbocycles. The molecule has 0 aliphatic carbocycles. The standard InChI is InChI=1S/C19H23ClN4O/c20-14-2-1-3-15(10-14)23-8-6-13(7-9-23)19(25)22-17-11-16-4-5-18(17)24(16)12-21/h1-3,10,13,16-18H,4-9,11H2,(H,22,25)/t16-,17+,18+/m0/s1. The third-order valence-corrected chi connectivity index (χ3v) is 6.25. The maximum atomic E-state index is 12.7. The molecule has 132 valence electrons. The lowest BCUT2D eigenvalue weighted by atomic mass is 9.92. The Hall–Kier alpha value is -1.93. The Morgan fingerprint density at radius 3 is 2.72 bits per heavy atom. The zero-order chi connectivity index (χ0) is 17.4. The first kappa shape index (κ1) is 16.5. The minimum Gasteiger partial charge on any atom is -0.371 e. The summed E-state index contributed by atoms with van der Waals surface area (Å²) in [6, 6.07) is 8.59. The number of anilines is 1. The molecule has 6 heteroatoms. The number of amides is 1. The number of fused-ring (bicyclic) bond motifs is 2. The van der Waals surface area contributed by atoms with E-state index < -0.39 is 0 Å². The zero-order valence-electron chi connectivity index (χ0n) is 14.2. The van der Waals surface area contributed by atoms with Gasteiger partial charge in [0.05, 0.1) is 12.1 Å². The van der Waals surface area contributed by atoms with Gasteiger partial charge in [-0.3, -0.25) is 4.79 Å². The molecule has 1 aromatic rings. The molecule has 3 saturated heterocycles. The predicted molar refractivity (Wildman–Crippen MR) is 97.2 cm³/mol. The molecular weight excluding hydrogens is 336 g/mol. The van der Waals surface area contributed by atoms with Gasteiger partial charge in [-0.1, -0.05) is 17.7 Å². The van der Waals surface area contributed by atoms with Crippen LogP contribution in [0.5, 0.6) is 0 Å². The highest BCUT2D eigenvalue weighted by atomic mass is 35.5. The van der Waals surface area contributed by atoms with Crippen LogP contribution in [-0.2, 0) is 4.79 Å². The fourth-order valence-corrected chi connectivity index (χ4v) is 4.86. The first-order valence-corrected chi connectivity index (χ1v) is 9.52. The Labute approximate surface area is 153 Å². The third kappa shape index (κ3) is 3.16. The van der Waals surface area contributed by atoms with E-state index in [9.17, 15) is 10.1 Å². The number of hydrogen-bond donors (Lipinski definition) is 1. The molecule has 3 fully saturated rings. The zero-order valence-corrected chi connectivity index (χ0v) is 15.0. The number of carbonyl (C=O) groups is 1. The monoisotopic (exact) mass is 358 g/mol. The maximum absolute atomic E-state index is 12.7. The number of benzene rings is 1. The van der Waals surface area contributed by atoms with Crippen molar-refractivity contribution in [2.75, 3.05) is 18.0 Å². The van der Waals surface area contributed by atoms with Crippen molar-refractivity contribution in [3.05, 3.63) is 29.3 Å². The number of rotatable bonds is 3. The normalized spacial score (nSPS) is 28.9. The molecule has 3 aliphatic rings. The van der Waals surface area contributed by atoms with Gasteiger partial charge in [-0.05, 0) is 50.3 Å². The van der Waals surface area contributed by atoms with Crippen molar-refractivity contribution < 1.29 is 4.79 Å².